The molecule has 0 atom stereocenters. The second-order valence-electron chi connectivity index (χ2n) is 8.33. The zero-order valence-corrected chi connectivity index (χ0v) is 15.9. The van der Waals surface area contributed by atoms with E-state index in [9.17, 15) is 9.59 Å². The van der Waals surface area contributed by atoms with Crippen LogP contribution in [0.3, 0.4) is 0 Å². The van der Waals surface area contributed by atoms with Crippen molar-refractivity contribution in [1.29, 1.82) is 0 Å². The summed E-state index contributed by atoms with van der Waals surface area (Å²) in [6.45, 7) is 13.3. The lowest BCUT2D eigenvalue weighted by Gasteiger charge is -2.39. The van der Waals surface area contributed by atoms with E-state index in [0.717, 1.165) is 51.4 Å². The highest BCUT2D eigenvalue weighted by atomic mass is 16.1. The Balaban J connectivity index is 3.65. The fourth-order valence-electron chi connectivity index (χ4n) is 2.40. The third-order valence-electron chi connectivity index (χ3n) is 5.34. The maximum atomic E-state index is 11.9. The summed E-state index contributed by atoms with van der Waals surface area (Å²) in [4.78, 5) is 23.1. The molecule has 0 aromatic carbocycles. The third kappa shape index (κ3) is 9.38. The summed E-state index contributed by atoms with van der Waals surface area (Å²) in [6, 6.07) is 0. The molecule has 0 aliphatic heterocycles. The number of carbonyl (C=O) groups excluding carboxylic acids is 2. The molecule has 0 amide bonds. The Hall–Kier alpha value is -0.660. The first kappa shape index (κ1) is 21.3. The molecule has 0 spiro atoms. The van der Waals surface area contributed by atoms with Crippen LogP contribution in [-0.2, 0) is 9.59 Å². The Kier molecular flexibility index (Phi) is 9.87. The van der Waals surface area contributed by atoms with Gasteiger partial charge in [-0.05, 0) is 36.5 Å². The van der Waals surface area contributed by atoms with E-state index in [2.05, 4.69) is 34.6 Å². The Morgan fingerprint density at radius 3 is 1.59 bits per heavy atom. The highest BCUT2D eigenvalue weighted by Gasteiger charge is 2.31. The molecule has 130 valence electrons. The molecule has 0 saturated carbocycles. The summed E-state index contributed by atoms with van der Waals surface area (Å²) in [5.74, 6) is 0.770. The maximum absolute atomic E-state index is 11.9. The van der Waals surface area contributed by atoms with Crippen LogP contribution < -0.4 is 0 Å². The highest BCUT2D eigenvalue weighted by Crippen LogP contribution is 2.41. The lowest BCUT2D eigenvalue weighted by molar-refractivity contribution is -0.120. The van der Waals surface area contributed by atoms with E-state index in [0.29, 0.717) is 24.4 Å². The first-order valence-electron chi connectivity index (χ1n) is 9.13. The van der Waals surface area contributed by atoms with E-state index in [1.807, 2.05) is 6.92 Å². The molecule has 2 heteroatoms. The molecule has 2 nitrogen and oxygen atoms in total. The zero-order valence-electron chi connectivity index (χ0n) is 15.9. The number of rotatable bonds is 12. The molecule has 0 unspecified atom stereocenters. The number of hydrogen-bond donors (Lipinski definition) is 0. The van der Waals surface area contributed by atoms with E-state index in [1.165, 1.54) is 0 Å². The molecule has 0 bridgehead atoms. The van der Waals surface area contributed by atoms with Gasteiger partial charge >= 0.3 is 0 Å². The smallest absolute Gasteiger partial charge is 0.132 e. The largest absolute Gasteiger partial charge is 0.300 e. The van der Waals surface area contributed by atoms with E-state index < -0.39 is 0 Å². The second-order valence-corrected chi connectivity index (χ2v) is 8.33. The van der Waals surface area contributed by atoms with Crippen LogP contribution in [0, 0.1) is 10.8 Å². The van der Waals surface area contributed by atoms with Gasteiger partial charge in [0.25, 0.3) is 0 Å². The van der Waals surface area contributed by atoms with Crippen molar-refractivity contribution in [3.63, 3.8) is 0 Å². The van der Waals surface area contributed by atoms with Crippen LogP contribution in [0.1, 0.15) is 106 Å². The summed E-state index contributed by atoms with van der Waals surface area (Å²) >= 11 is 0. The van der Waals surface area contributed by atoms with Crippen molar-refractivity contribution < 1.29 is 9.59 Å². The van der Waals surface area contributed by atoms with Crippen molar-refractivity contribution >= 4 is 11.6 Å². The molecule has 0 rings (SSSR count). The number of carbonyl (C=O) groups is 2. The molecule has 0 aliphatic carbocycles. The van der Waals surface area contributed by atoms with Gasteiger partial charge in [-0.25, -0.2) is 0 Å². The van der Waals surface area contributed by atoms with Crippen molar-refractivity contribution in [2.24, 2.45) is 10.8 Å². The Morgan fingerprint density at radius 1 is 0.682 bits per heavy atom. The lowest BCUT2D eigenvalue weighted by atomic mass is 9.67. The molecule has 0 aromatic heterocycles. The van der Waals surface area contributed by atoms with Crippen molar-refractivity contribution in [3.05, 3.63) is 0 Å². The minimum absolute atomic E-state index is 0.277. The third-order valence-corrected chi connectivity index (χ3v) is 5.34. The summed E-state index contributed by atoms with van der Waals surface area (Å²) in [6.07, 6.45) is 9.07. The standard InChI is InChI=1S/C20H38O2/c1-7-17(21)13-10-8-9-11-14-18(22)15-12-16-20(5,6)19(2,3)4/h7-16H2,1-6H3. The van der Waals surface area contributed by atoms with Crippen LogP contribution in [0.15, 0.2) is 0 Å². The van der Waals surface area contributed by atoms with Crippen LogP contribution in [0.4, 0.5) is 0 Å². The van der Waals surface area contributed by atoms with Crippen molar-refractivity contribution in [1.82, 2.24) is 0 Å². The molecular weight excluding hydrogens is 272 g/mol. The fourth-order valence-corrected chi connectivity index (χ4v) is 2.40. The van der Waals surface area contributed by atoms with Gasteiger partial charge in [-0.1, -0.05) is 54.4 Å². The molecule has 0 radical (unpaired) electrons. The highest BCUT2D eigenvalue weighted by molar-refractivity contribution is 5.78. The zero-order chi connectivity index (χ0) is 17.2. The average Bonchev–Trinajstić information content (AvgIpc) is 2.40. The van der Waals surface area contributed by atoms with E-state index in [1.54, 1.807) is 0 Å². The van der Waals surface area contributed by atoms with Crippen molar-refractivity contribution in [2.45, 2.75) is 106 Å². The summed E-state index contributed by atoms with van der Waals surface area (Å²) in [5, 5.41) is 0. The van der Waals surface area contributed by atoms with E-state index >= 15 is 0 Å². The maximum Gasteiger partial charge on any atom is 0.132 e. The first-order chi connectivity index (χ1) is 10.1. The van der Waals surface area contributed by atoms with Gasteiger partial charge in [0.05, 0.1) is 0 Å². The van der Waals surface area contributed by atoms with Crippen LogP contribution >= 0.6 is 0 Å². The Bertz CT molecular complexity index is 334. The van der Waals surface area contributed by atoms with Gasteiger partial charge in [0.15, 0.2) is 0 Å². The van der Waals surface area contributed by atoms with Crippen LogP contribution in [0.25, 0.3) is 0 Å². The summed E-state index contributed by atoms with van der Waals surface area (Å²) < 4.78 is 0. The van der Waals surface area contributed by atoms with Gasteiger partial charge in [-0.3, -0.25) is 9.59 Å². The molecular formula is C20H38O2. The predicted octanol–water partition coefficient (Wildman–Crippen LogP) is 6.12. The quantitative estimate of drug-likeness (QED) is 0.407. The van der Waals surface area contributed by atoms with Crippen LogP contribution in [0.2, 0.25) is 0 Å². The van der Waals surface area contributed by atoms with Crippen LogP contribution in [-0.4, -0.2) is 11.6 Å². The summed E-state index contributed by atoms with van der Waals surface area (Å²) in [7, 11) is 0. The number of hydrogen-bond acceptors (Lipinski definition) is 2. The monoisotopic (exact) mass is 310 g/mol. The van der Waals surface area contributed by atoms with Gasteiger partial charge in [0, 0.05) is 25.7 Å². The number of Topliss-reactive ketones (excluding diaryl/α,β-unsaturated/α-hetero) is 2. The van der Waals surface area contributed by atoms with Gasteiger partial charge in [-0.2, -0.15) is 0 Å². The number of ketones is 2. The molecule has 0 N–H and O–H groups in total. The first-order valence-corrected chi connectivity index (χ1v) is 9.13. The summed E-state index contributed by atoms with van der Waals surface area (Å²) in [5.41, 5.74) is 0.561. The predicted molar refractivity (Wildman–Crippen MR) is 95.1 cm³/mol. The van der Waals surface area contributed by atoms with Gasteiger partial charge < -0.3 is 0 Å². The van der Waals surface area contributed by atoms with Crippen molar-refractivity contribution in [2.75, 3.05) is 0 Å². The van der Waals surface area contributed by atoms with Crippen LogP contribution in [0.5, 0.6) is 0 Å². The minimum Gasteiger partial charge on any atom is -0.300 e. The fraction of sp³-hybridized carbons (Fsp3) is 0.900. The van der Waals surface area contributed by atoms with Gasteiger partial charge in [0.2, 0.25) is 0 Å². The average molecular weight is 311 g/mol. The SMILES string of the molecule is CCC(=O)CCCCCCC(=O)CCCC(C)(C)C(C)(C)C. The molecule has 0 aromatic rings. The Labute approximate surface area is 138 Å². The molecule has 0 saturated heterocycles. The van der Waals surface area contributed by atoms with E-state index in [4.69, 9.17) is 0 Å². The second kappa shape index (κ2) is 10.2. The Morgan fingerprint density at radius 2 is 1.14 bits per heavy atom. The normalized spacial score (nSPS) is 12.5. The van der Waals surface area contributed by atoms with Gasteiger partial charge in [-0.15, -0.1) is 0 Å². The minimum atomic E-state index is 0.277. The van der Waals surface area contributed by atoms with Crippen molar-refractivity contribution in [3.8, 4) is 0 Å². The molecule has 0 fully saturated rings. The lowest BCUT2D eigenvalue weighted by Crippen LogP contribution is -2.29. The number of unbranched alkanes of at least 4 members (excludes halogenated alkanes) is 3. The molecule has 22 heavy (non-hydrogen) atoms. The molecule has 0 heterocycles. The van der Waals surface area contributed by atoms with E-state index in [-0.39, 0.29) is 10.8 Å². The topological polar surface area (TPSA) is 34.1 Å². The molecule has 0 aliphatic rings. The van der Waals surface area contributed by atoms with Gasteiger partial charge in [0.1, 0.15) is 11.6 Å².